The Balaban J connectivity index is 2.14. The minimum atomic E-state index is -4.18. The second-order valence-electron chi connectivity index (χ2n) is 5.62. The Hall–Kier alpha value is -2.29. The summed E-state index contributed by atoms with van der Waals surface area (Å²) < 4.78 is 48.0. The third kappa shape index (κ3) is 3.35. The van der Waals surface area contributed by atoms with Gasteiger partial charge in [0.25, 0.3) is 0 Å². The number of carbonyl (C=O) groups is 1. The molecule has 0 spiro atoms. The number of ether oxygens (including phenoxy) is 1. The molecule has 0 radical (unpaired) electrons. The lowest BCUT2D eigenvalue weighted by Crippen LogP contribution is -2.28. The van der Waals surface area contributed by atoms with Crippen LogP contribution in [0.3, 0.4) is 0 Å². The lowest BCUT2D eigenvalue weighted by molar-refractivity contribution is 0.0602. The standard InChI is InChI=1S/C18H16FNO4S2/c1-11(12-7-4-3-5-8-12)20-26(22,23)17-15-13(19)9-6-10-14(15)25-16(17)18(21)24-2/h3-11,20H,1-2H3/t11-/m1/s1. The van der Waals surface area contributed by atoms with E-state index in [2.05, 4.69) is 9.46 Å². The van der Waals surface area contributed by atoms with Gasteiger partial charge in [0.05, 0.1) is 7.11 Å². The Morgan fingerprint density at radius 2 is 1.85 bits per heavy atom. The molecule has 1 atom stereocenters. The van der Waals surface area contributed by atoms with Crippen molar-refractivity contribution in [1.82, 2.24) is 4.72 Å². The molecule has 0 fully saturated rings. The van der Waals surface area contributed by atoms with Crippen LogP contribution in [0, 0.1) is 5.82 Å². The number of methoxy groups -OCH3 is 1. The van der Waals surface area contributed by atoms with E-state index in [4.69, 9.17) is 0 Å². The first-order chi connectivity index (χ1) is 12.3. The molecule has 8 heteroatoms. The van der Waals surface area contributed by atoms with Gasteiger partial charge in [0.15, 0.2) is 0 Å². The molecule has 0 aliphatic heterocycles. The third-order valence-electron chi connectivity index (χ3n) is 3.89. The van der Waals surface area contributed by atoms with Crippen LogP contribution in [0.2, 0.25) is 0 Å². The molecule has 26 heavy (non-hydrogen) atoms. The van der Waals surface area contributed by atoms with Gasteiger partial charge < -0.3 is 4.74 Å². The largest absolute Gasteiger partial charge is 0.465 e. The number of hydrogen-bond donors (Lipinski definition) is 1. The van der Waals surface area contributed by atoms with Crippen molar-refractivity contribution >= 4 is 37.4 Å². The average molecular weight is 393 g/mol. The van der Waals surface area contributed by atoms with Gasteiger partial charge in [-0.2, -0.15) is 0 Å². The Labute approximate surface area is 154 Å². The highest BCUT2D eigenvalue weighted by Gasteiger charge is 2.31. The predicted octanol–water partition coefficient (Wildman–Crippen LogP) is 3.87. The number of benzene rings is 2. The van der Waals surface area contributed by atoms with Crippen molar-refractivity contribution in [2.45, 2.75) is 17.9 Å². The van der Waals surface area contributed by atoms with Gasteiger partial charge in [-0.15, -0.1) is 11.3 Å². The maximum Gasteiger partial charge on any atom is 0.349 e. The van der Waals surface area contributed by atoms with E-state index in [1.807, 2.05) is 6.07 Å². The lowest BCUT2D eigenvalue weighted by Gasteiger charge is -2.15. The first-order valence-corrected chi connectivity index (χ1v) is 10.0. The maximum absolute atomic E-state index is 14.4. The number of esters is 1. The average Bonchev–Trinajstić information content (AvgIpc) is 3.03. The van der Waals surface area contributed by atoms with E-state index in [9.17, 15) is 17.6 Å². The zero-order valence-electron chi connectivity index (χ0n) is 14.0. The van der Waals surface area contributed by atoms with E-state index < -0.39 is 27.9 Å². The summed E-state index contributed by atoms with van der Waals surface area (Å²) in [7, 11) is -3.03. The van der Waals surface area contributed by atoms with Crippen LogP contribution in [0.15, 0.2) is 53.4 Å². The quantitative estimate of drug-likeness (QED) is 0.668. The summed E-state index contributed by atoms with van der Waals surface area (Å²) in [5.41, 5.74) is 0.746. The molecule has 0 bridgehead atoms. The van der Waals surface area contributed by atoms with Gasteiger partial charge in [-0.25, -0.2) is 22.3 Å². The Kier molecular flexibility index (Phi) is 5.08. The van der Waals surface area contributed by atoms with Crippen molar-refractivity contribution < 1.29 is 22.3 Å². The highest BCUT2D eigenvalue weighted by atomic mass is 32.2. The molecule has 0 unspecified atom stereocenters. The van der Waals surface area contributed by atoms with Crippen LogP contribution in [-0.4, -0.2) is 21.5 Å². The number of thiophene rings is 1. The second-order valence-corrected chi connectivity index (χ2v) is 8.32. The number of carbonyl (C=O) groups excluding carboxylic acids is 1. The topological polar surface area (TPSA) is 72.5 Å². The van der Waals surface area contributed by atoms with Gasteiger partial charge in [0.2, 0.25) is 10.0 Å². The molecule has 3 rings (SSSR count). The van der Waals surface area contributed by atoms with Gasteiger partial charge in [-0.3, -0.25) is 0 Å². The fourth-order valence-electron chi connectivity index (χ4n) is 2.66. The van der Waals surface area contributed by atoms with Crippen molar-refractivity contribution in [3.05, 3.63) is 64.8 Å². The highest BCUT2D eigenvalue weighted by molar-refractivity contribution is 7.90. The van der Waals surface area contributed by atoms with Crippen molar-refractivity contribution in [1.29, 1.82) is 0 Å². The second kappa shape index (κ2) is 7.14. The molecule has 0 saturated heterocycles. The fourth-order valence-corrected chi connectivity index (χ4v) is 5.74. The molecular formula is C18H16FNO4S2. The number of hydrogen-bond acceptors (Lipinski definition) is 5. The highest BCUT2D eigenvalue weighted by Crippen LogP contribution is 2.37. The summed E-state index contributed by atoms with van der Waals surface area (Å²) >= 11 is 0.887. The predicted molar refractivity (Wildman–Crippen MR) is 98.3 cm³/mol. The summed E-state index contributed by atoms with van der Waals surface area (Å²) in [4.78, 5) is 11.6. The van der Waals surface area contributed by atoms with Gasteiger partial charge in [0.1, 0.15) is 15.6 Å². The number of fused-ring (bicyclic) bond motifs is 1. The van der Waals surface area contributed by atoms with E-state index in [0.717, 1.165) is 30.1 Å². The van der Waals surface area contributed by atoms with Crippen LogP contribution in [0.5, 0.6) is 0 Å². The van der Waals surface area contributed by atoms with E-state index >= 15 is 0 Å². The van der Waals surface area contributed by atoms with Gasteiger partial charge in [0, 0.05) is 16.1 Å². The van der Waals surface area contributed by atoms with Crippen LogP contribution in [0.4, 0.5) is 4.39 Å². The molecule has 3 aromatic rings. The molecule has 0 aliphatic rings. The first kappa shape index (κ1) is 18.5. The van der Waals surface area contributed by atoms with Gasteiger partial charge >= 0.3 is 5.97 Å². The molecular weight excluding hydrogens is 377 g/mol. The normalized spacial score (nSPS) is 12.9. The summed E-state index contributed by atoms with van der Waals surface area (Å²) in [6.07, 6.45) is 0. The van der Waals surface area contributed by atoms with Crippen LogP contribution in [-0.2, 0) is 14.8 Å². The minimum Gasteiger partial charge on any atom is -0.465 e. The van der Waals surface area contributed by atoms with E-state index in [1.54, 1.807) is 37.3 Å². The van der Waals surface area contributed by atoms with Crippen LogP contribution >= 0.6 is 11.3 Å². The Bertz CT molecular complexity index is 1060. The smallest absolute Gasteiger partial charge is 0.349 e. The van der Waals surface area contributed by atoms with Crippen molar-refractivity contribution in [2.24, 2.45) is 0 Å². The fraction of sp³-hybridized carbons (Fsp3) is 0.167. The molecule has 1 heterocycles. The van der Waals surface area contributed by atoms with E-state index in [0.29, 0.717) is 4.70 Å². The summed E-state index contributed by atoms with van der Waals surface area (Å²) in [6, 6.07) is 12.6. The molecule has 1 aromatic heterocycles. The zero-order valence-corrected chi connectivity index (χ0v) is 15.7. The number of sulfonamides is 1. The molecule has 1 N–H and O–H groups in total. The molecule has 0 aliphatic carbocycles. The zero-order chi connectivity index (χ0) is 18.9. The van der Waals surface area contributed by atoms with E-state index in [1.165, 1.54) is 6.07 Å². The molecule has 136 valence electrons. The molecule has 0 amide bonds. The maximum atomic E-state index is 14.4. The Morgan fingerprint density at radius 3 is 2.50 bits per heavy atom. The number of rotatable bonds is 5. The monoisotopic (exact) mass is 393 g/mol. The van der Waals surface area contributed by atoms with E-state index in [-0.39, 0.29) is 15.2 Å². The van der Waals surface area contributed by atoms with Crippen molar-refractivity contribution in [2.75, 3.05) is 7.11 Å². The third-order valence-corrected chi connectivity index (χ3v) is 6.77. The Morgan fingerprint density at radius 1 is 1.15 bits per heavy atom. The first-order valence-electron chi connectivity index (χ1n) is 7.71. The van der Waals surface area contributed by atoms with Crippen LogP contribution < -0.4 is 4.72 Å². The molecule has 0 saturated carbocycles. The van der Waals surface area contributed by atoms with Crippen molar-refractivity contribution in [3.63, 3.8) is 0 Å². The van der Waals surface area contributed by atoms with Crippen LogP contribution in [0.25, 0.3) is 10.1 Å². The summed E-state index contributed by atoms with van der Waals surface area (Å²) in [5, 5.41) is -0.106. The number of halogens is 1. The summed E-state index contributed by atoms with van der Waals surface area (Å²) in [6.45, 7) is 1.68. The number of nitrogens with one attached hydrogen (secondary N) is 1. The molecule has 5 nitrogen and oxygen atoms in total. The minimum absolute atomic E-state index is 0.106. The lowest BCUT2D eigenvalue weighted by atomic mass is 10.1. The van der Waals surface area contributed by atoms with Crippen molar-refractivity contribution in [3.8, 4) is 0 Å². The van der Waals surface area contributed by atoms with Gasteiger partial charge in [-0.1, -0.05) is 36.4 Å². The van der Waals surface area contributed by atoms with Crippen LogP contribution in [0.1, 0.15) is 28.2 Å². The SMILES string of the molecule is COC(=O)c1sc2cccc(F)c2c1S(=O)(=O)N[C@H](C)c1ccccc1. The summed E-state index contributed by atoms with van der Waals surface area (Å²) in [5.74, 6) is -1.53. The molecule has 2 aromatic carbocycles. The van der Waals surface area contributed by atoms with Gasteiger partial charge in [-0.05, 0) is 24.6 Å².